The van der Waals surface area contributed by atoms with E-state index in [2.05, 4.69) is 13.8 Å². The molecule has 0 aliphatic rings. The van der Waals surface area contributed by atoms with Crippen LogP contribution in [-0.4, -0.2) is 12.3 Å². The average Bonchev–Trinajstić information content (AvgIpc) is 2.13. The molecule has 0 N–H and O–H groups in total. The first kappa shape index (κ1) is 18.3. The molecule has 1 atom stereocenters. The van der Waals surface area contributed by atoms with Crippen molar-refractivity contribution in [1.29, 1.82) is 0 Å². The molecule has 0 aromatic carbocycles. The summed E-state index contributed by atoms with van der Waals surface area (Å²) in [6.07, 6.45) is 5.54. The van der Waals surface area contributed by atoms with Crippen molar-refractivity contribution in [2.45, 2.75) is 64.9 Å². The van der Waals surface area contributed by atoms with Crippen molar-refractivity contribution in [1.82, 2.24) is 0 Å². The molecule has 0 heterocycles. The third-order valence-corrected chi connectivity index (χ3v) is 2.27. The second-order valence-corrected chi connectivity index (χ2v) is 3.63. The van der Waals surface area contributed by atoms with Crippen LogP contribution in [-0.2, 0) is 4.74 Å². The van der Waals surface area contributed by atoms with E-state index in [4.69, 9.17) is 4.74 Å². The first-order valence-corrected chi connectivity index (χ1v) is 5.58. The molecule has 84 valence electrons. The molecule has 0 saturated heterocycles. The van der Waals surface area contributed by atoms with Crippen molar-refractivity contribution in [3.05, 3.63) is 0 Å². The number of hydrogen-bond donors (Lipinski definition) is 0. The molecule has 15 heavy (non-hydrogen) atoms. The minimum atomic E-state index is -1.39. The van der Waals surface area contributed by atoms with Crippen LogP contribution >= 0.6 is 0 Å². The van der Waals surface area contributed by atoms with Crippen LogP contribution < -0.4 is 56.5 Å². The quantitative estimate of drug-likeness (QED) is 0.326. The van der Waals surface area contributed by atoms with Gasteiger partial charge >= 0.3 is 51.4 Å². The number of ether oxygens (including phenoxy) is 1. The predicted molar refractivity (Wildman–Crippen MR) is 53.9 cm³/mol. The minimum absolute atomic E-state index is 0. The summed E-state index contributed by atoms with van der Waals surface area (Å²) in [6.45, 7) is 4.21. The molecular formula is C11H21KO3. The summed E-state index contributed by atoms with van der Waals surface area (Å²) in [5, 5.41) is 10.3. The Morgan fingerprint density at radius 2 is 1.67 bits per heavy atom. The number of rotatable bonds is 8. The fourth-order valence-corrected chi connectivity index (χ4v) is 1.45. The Labute approximate surface area is 135 Å². The van der Waals surface area contributed by atoms with Gasteiger partial charge in [-0.3, -0.25) is 0 Å². The van der Waals surface area contributed by atoms with Gasteiger partial charge in [-0.25, -0.2) is 0 Å². The summed E-state index contributed by atoms with van der Waals surface area (Å²) >= 11 is 0. The molecule has 0 radical (unpaired) electrons. The Balaban J connectivity index is 0. The molecule has 0 rings (SSSR count). The number of carbonyl (C=O) groups excluding carboxylic acids is 1. The van der Waals surface area contributed by atoms with Crippen molar-refractivity contribution in [2.75, 3.05) is 0 Å². The Morgan fingerprint density at radius 3 is 2.13 bits per heavy atom. The molecule has 3 nitrogen and oxygen atoms in total. The predicted octanol–water partition coefficient (Wildman–Crippen LogP) is -0.511. The summed E-state index contributed by atoms with van der Waals surface area (Å²) in [4.78, 5) is 10.3. The van der Waals surface area contributed by atoms with E-state index < -0.39 is 6.16 Å². The maximum absolute atomic E-state index is 10.3. The van der Waals surface area contributed by atoms with Crippen molar-refractivity contribution >= 4 is 6.16 Å². The monoisotopic (exact) mass is 240 g/mol. The molecule has 0 aromatic rings. The Hall–Kier alpha value is 0.906. The van der Waals surface area contributed by atoms with E-state index in [-0.39, 0.29) is 57.5 Å². The minimum Gasteiger partial charge on any atom is -0.546 e. The smallest absolute Gasteiger partial charge is 0.546 e. The van der Waals surface area contributed by atoms with Crippen LogP contribution in [0.2, 0.25) is 0 Å². The number of hydrogen-bond acceptors (Lipinski definition) is 3. The van der Waals surface area contributed by atoms with Gasteiger partial charge in [0.25, 0.3) is 6.16 Å². The first-order valence-electron chi connectivity index (χ1n) is 5.58. The van der Waals surface area contributed by atoms with Gasteiger partial charge in [0.1, 0.15) is 0 Å². The van der Waals surface area contributed by atoms with Gasteiger partial charge in [-0.15, -0.1) is 0 Å². The molecule has 0 aliphatic heterocycles. The third kappa shape index (κ3) is 12.8. The van der Waals surface area contributed by atoms with Gasteiger partial charge in [-0.2, -0.15) is 0 Å². The Kier molecular flexibility index (Phi) is 15.8. The maximum atomic E-state index is 10.3. The van der Waals surface area contributed by atoms with E-state index in [1.807, 2.05) is 0 Å². The molecule has 0 bridgehead atoms. The van der Waals surface area contributed by atoms with Crippen LogP contribution in [0.25, 0.3) is 0 Å². The average molecular weight is 240 g/mol. The number of unbranched alkanes of at least 4 members (excludes halogenated alkanes) is 3. The molecule has 0 aromatic heterocycles. The van der Waals surface area contributed by atoms with E-state index in [0.29, 0.717) is 0 Å². The molecule has 0 saturated carbocycles. The summed E-state index contributed by atoms with van der Waals surface area (Å²) in [7, 11) is 0. The van der Waals surface area contributed by atoms with Gasteiger partial charge in [0.2, 0.25) is 0 Å². The molecule has 0 fully saturated rings. The molecule has 0 amide bonds. The fourth-order valence-electron chi connectivity index (χ4n) is 1.45. The topological polar surface area (TPSA) is 49.4 Å². The zero-order chi connectivity index (χ0) is 10.8. The van der Waals surface area contributed by atoms with Crippen LogP contribution in [0.4, 0.5) is 4.79 Å². The van der Waals surface area contributed by atoms with Crippen LogP contribution in [0.3, 0.4) is 0 Å². The zero-order valence-corrected chi connectivity index (χ0v) is 13.4. The fraction of sp³-hybridized carbons (Fsp3) is 0.909. The second-order valence-electron chi connectivity index (χ2n) is 3.63. The van der Waals surface area contributed by atoms with Gasteiger partial charge in [0, 0.05) is 6.10 Å². The molecule has 4 heteroatoms. The van der Waals surface area contributed by atoms with Gasteiger partial charge in [0.15, 0.2) is 0 Å². The van der Waals surface area contributed by atoms with Crippen molar-refractivity contribution < 1.29 is 66.0 Å². The van der Waals surface area contributed by atoms with Crippen LogP contribution in [0.1, 0.15) is 58.8 Å². The number of carboxylic acid groups (broad SMARTS) is 1. The Bertz CT molecular complexity index is 151. The van der Waals surface area contributed by atoms with Gasteiger partial charge in [-0.05, 0) is 12.8 Å². The van der Waals surface area contributed by atoms with E-state index >= 15 is 0 Å². The normalized spacial score (nSPS) is 11.6. The van der Waals surface area contributed by atoms with Gasteiger partial charge in [0.05, 0.1) is 0 Å². The summed E-state index contributed by atoms with van der Waals surface area (Å²) < 4.78 is 4.70. The van der Waals surface area contributed by atoms with Crippen molar-refractivity contribution in [3.8, 4) is 0 Å². The number of carbonyl (C=O) groups is 1. The summed E-state index contributed by atoms with van der Waals surface area (Å²) in [6, 6.07) is 0. The second kappa shape index (κ2) is 13.0. The summed E-state index contributed by atoms with van der Waals surface area (Å²) in [5.41, 5.74) is 0. The third-order valence-electron chi connectivity index (χ3n) is 2.27. The molecule has 1 unspecified atom stereocenters. The standard InChI is InChI=1S/C11H22O3.K/c1-3-5-7-9-10(8-6-4-2)14-11(12)13;/h10H,3-9H2,1-2H3,(H,12,13);/q;+1/p-1. The Morgan fingerprint density at radius 1 is 1.13 bits per heavy atom. The van der Waals surface area contributed by atoms with Gasteiger partial charge < -0.3 is 14.6 Å². The van der Waals surface area contributed by atoms with E-state index in [0.717, 1.165) is 44.9 Å². The summed E-state index contributed by atoms with van der Waals surface area (Å²) in [5.74, 6) is 0. The molecular weight excluding hydrogens is 219 g/mol. The van der Waals surface area contributed by atoms with Crippen LogP contribution in [0.5, 0.6) is 0 Å². The van der Waals surface area contributed by atoms with Crippen LogP contribution in [0, 0.1) is 0 Å². The van der Waals surface area contributed by atoms with E-state index in [9.17, 15) is 9.90 Å². The van der Waals surface area contributed by atoms with Crippen molar-refractivity contribution in [2.24, 2.45) is 0 Å². The maximum Gasteiger partial charge on any atom is 1.00 e. The van der Waals surface area contributed by atoms with E-state index in [1.54, 1.807) is 0 Å². The van der Waals surface area contributed by atoms with Crippen molar-refractivity contribution in [3.63, 3.8) is 0 Å². The SMILES string of the molecule is CCCCCC(CCCC)OC(=O)[O-].[K+]. The molecule has 0 spiro atoms. The first-order chi connectivity index (χ1) is 6.70. The molecule has 0 aliphatic carbocycles. The zero-order valence-electron chi connectivity index (χ0n) is 10.3. The van der Waals surface area contributed by atoms with Gasteiger partial charge in [-0.1, -0.05) is 46.0 Å². The van der Waals surface area contributed by atoms with E-state index in [1.165, 1.54) is 0 Å². The largest absolute Gasteiger partial charge is 1.00 e. The van der Waals surface area contributed by atoms with Crippen LogP contribution in [0.15, 0.2) is 0 Å².